The summed E-state index contributed by atoms with van der Waals surface area (Å²) in [5.74, 6) is -0.0192. The lowest BCUT2D eigenvalue weighted by Gasteiger charge is -2.19. The van der Waals surface area contributed by atoms with Crippen molar-refractivity contribution in [3.05, 3.63) is 89.5 Å². The quantitative estimate of drug-likeness (QED) is 0.219. The van der Waals surface area contributed by atoms with Crippen molar-refractivity contribution in [2.24, 2.45) is 4.99 Å². The Labute approximate surface area is 230 Å². The average molecular weight is 545 g/mol. The highest BCUT2D eigenvalue weighted by molar-refractivity contribution is 7.93. The maximum absolute atomic E-state index is 12.5. The minimum absolute atomic E-state index is 0.0192. The van der Waals surface area contributed by atoms with Gasteiger partial charge in [0.15, 0.2) is 5.88 Å². The summed E-state index contributed by atoms with van der Waals surface area (Å²) in [5.41, 5.74) is 5.12. The van der Waals surface area contributed by atoms with Crippen molar-refractivity contribution in [1.82, 2.24) is 9.88 Å². The zero-order valence-corrected chi connectivity index (χ0v) is 23.3. The van der Waals surface area contributed by atoms with Crippen LogP contribution in [0.15, 0.2) is 77.8 Å². The monoisotopic (exact) mass is 544 g/mol. The van der Waals surface area contributed by atoms with Gasteiger partial charge < -0.3 is 10.1 Å². The Morgan fingerprint density at radius 3 is 2.33 bits per heavy atom. The number of aliphatic imine (C=N–C) groups is 1. The Bertz CT molecular complexity index is 1550. The van der Waals surface area contributed by atoms with Gasteiger partial charge in [-0.15, -0.1) is 0 Å². The third-order valence-corrected chi connectivity index (χ3v) is 8.99. The summed E-state index contributed by atoms with van der Waals surface area (Å²) in [6, 6.07) is 23.2. The van der Waals surface area contributed by atoms with E-state index in [4.69, 9.17) is 4.99 Å². The number of sulfonamides is 1. The Kier molecular flexibility index (Phi) is 8.04. The number of fused-ring (bicyclic) bond motifs is 1. The van der Waals surface area contributed by atoms with E-state index in [1.165, 1.54) is 31.2 Å². The van der Waals surface area contributed by atoms with E-state index in [-0.39, 0.29) is 5.88 Å². The van der Waals surface area contributed by atoms with Gasteiger partial charge in [0.1, 0.15) is 0 Å². The summed E-state index contributed by atoms with van der Waals surface area (Å²) < 4.78 is 27.6. The number of hydrogen-bond donors (Lipinski definition) is 3. The van der Waals surface area contributed by atoms with E-state index in [1.54, 1.807) is 32.0 Å². The van der Waals surface area contributed by atoms with E-state index in [9.17, 15) is 13.5 Å². The first-order valence-corrected chi connectivity index (χ1v) is 15.2. The number of aromatic hydroxyl groups is 1. The van der Waals surface area contributed by atoms with Crippen molar-refractivity contribution in [3.63, 3.8) is 0 Å². The fourth-order valence-corrected chi connectivity index (χ4v) is 5.67. The lowest BCUT2D eigenvalue weighted by Crippen LogP contribution is -2.23. The molecule has 1 saturated heterocycles. The van der Waals surface area contributed by atoms with Gasteiger partial charge in [-0.25, -0.2) is 13.4 Å². The molecule has 0 radical (unpaired) electrons. The molecule has 0 amide bonds. The lowest BCUT2D eigenvalue weighted by molar-refractivity contribution is 0.277. The molecule has 0 atom stereocenters. The van der Waals surface area contributed by atoms with E-state index in [2.05, 4.69) is 26.7 Å². The highest BCUT2D eigenvalue weighted by Crippen LogP contribution is 2.33. The van der Waals surface area contributed by atoms with Crippen LogP contribution in [-0.4, -0.2) is 47.5 Å². The second kappa shape index (κ2) is 11.6. The molecule has 1 fully saturated rings. The summed E-state index contributed by atoms with van der Waals surface area (Å²) in [7, 11) is -3.52. The first kappa shape index (κ1) is 27.0. The van der Waals surface area contributed by atoms with Crippen LogP contribution in [0.1, 0.15) is 56.2 Å². The van der Waals surface area contributed by atoms with Gasteiger partial charge in [-0.2, -0.15) is 0 Å². The van der Waals surface area contributed by atoms with Crippen molar-refractivity contribution >= 4 is 38.0 Å². The summed E-state index contributed by atoms with van der Waals surface area (Å²) in [4.78, 5) is 10.6. The molecule has 3 aromatic carbocycles. The van der Waals surface area contributed by atoms with Gasteiger partial charge in [0.05, 0.1) is 22.2 Å². The second-order valence-electron chi connectivity index (χ2n) is 10.5. The third kappa shape index (κ3) is 6.34. The van der Waals surface area contributed by atoms with E-state index < -0.39 is 15.3 Å². The number of likely N-dealkylation sites (tertiary alicyclic amines) is 1. The standard InChI is InChI=1S/C31H36N4O3S/c1-22(2)39(37,38)34-26-16-17-28-27(20-26)29(31(36)33-28)30(24-10-6-5-7-11-24)32-25-14-12-23(13-15-25)21-35-18-8-3-4-9-19-35/h5-7,10-17,20,22,33-34,36H,3-4,8-9,18-19,21H2,1-2H3. The van der Waals surface area contributed by atoms with E-state index >= 15 is 0 Å². The summed E-state index contributed by atoms with van der Waals surface area (Å²) in [6.45, 7) is 6.50. The van der Waals surface area contributed by atoms with Crippen LogP contribution in [0.25, 0.3) is 10.9 Å². The van der Waals surface area contributed by atoms with Crippen LogP contribution in [0.4, 0.5) is 11.4 Å². The molecule has 5 rings (SSSR count). The van der Waals surface area contributed by atoms with Crippen LogP contribution in [0.2, 0.25) is 0 Å². The normalized spacial score (nSPS) is 15.5. The maximum atomic E-state index is 12.5. The Morgan fingerprint density at radius 2 is 1.67 bits per heavy atom. The van der Waals surface area contributed by atoms with Gasteiger partial charge in [-0.3, -0.25) is 9.62 Å². The summed E-state index contributed by atoms with van der Waals surface area (Å²) in [5, 5.41) is 11.1. The molecule has 7 nitrogen and oxygen atoms in total. The van der Waals surface area contributed by atoms with Crippen LogP contribution < -0.4 is 4.72 Å². The Balaban J connectivity index is 1.53. The zero-order chi connectivity index (χ0) is 27.4. The molecule has 1 aliphatic heterocycles. The second-order valence-corrected chi connectivity index (χ2v) is 12.7. The minimum Gasteiger partial charge on any atom is -0.494 e. The van der Waals surface area contributed by atoms with Gasteiger partial charge in [0.2, 0.25) is 10.0 Å². The number of nitrogens with zero attached hydrogens (tertiary/aromatic N) is 2. The molecule has 0 bridgehead atoms. The fraction of sp³-hybridized carbons (Fsp3) is 0.323. The molecule has 0 saturated carbocycles. The number of benzene rings is 3. The van der Waals surface area contributed by atoms with Crippen molar-refractivity contribution in [2.75, 3.05) is 17.8 Å². The van der Waals surface area contributed by atoms with Gasteiger partial charge in [0.25, 0.3) is 0 Å². The topological polar surface area (TPSA) is 97.8 Å². The molecule has 1 aromatic heterocycles. The van der Waals surface area contributed by atoms with Gasteiger partial charge >= 0.3 is 0 Å². The smallest absolute Gasteiger partial charge is 0.235 e. The molecular weight excluding hydrogens is 508 g/mol. The average Bonchev–Trinajstić information content (AvgIpc) is 3.06. The van der Waals surface area contributed by atoms with Crippen LogP contribution in [0, 0.1) is 0 Å². The molecule has 204 valence electrons. The van der Waals surface area contributed by atoms with E-state index in [0.717, 1.165) is 30.9 Å². The van der Waals surface area contributed by atoms with Crippen LogP contribution in [0.3, 0.4) is 0 Å². The molecule has 8 heteroatoms. The SMILES string of the molecule is CC(C)S(=O)(=O)Nc1ccc2[nH]c(O)c(C(=Nc3ccc(CN4CCCCCC4)cc3)c3ccccc3)c2c1. The molecule has 2 heterocycles. The number of anilines is 1. The predicted molar refractivity (Wildman–Crippen MR) is 160 cm³/mol. The largest absolute Gasteiger partial charge is 0.494 e. The number of aromatic amines is 1. The first-order chi connectivity index (χ1) is 18.8. The predicted octanol–water partition coefficient (Wildman–Crippen LogP) is 6.57. The van der Waals surface area contributed by atoms with Crippen molar-refractivity contribution in [2.45, 2.75) is 51.3 Å². The fourth-order valence-electron chi connectivity index (χ4n) is 4.98. The van der Waals surface area contributed by atoms with Gasteiger partial charge in [0, 0.05) is 28.7 Å². The minimum atomic E-state index is -3.52. The van der Waals surface area contributed by atoms with Crippen LogP contribution in [0.5, 0.6) is 5.88 Å². The number of aromatic nitrogens is 1. The van der Waals surface area contributed by atoms with E-state index in [0.29, 0.717) is 27.9 Å². The molecular formula is C31H36N4O3S. The van der Waals surface area contributed by atoms with Crippen molar-refractivity contribution < 1.29 is 13.5 Å². The lowest BCUT2D eigenvalue weighted by atomic mass is 10.0. The summed E-state index contributed by atoms with van der Waals surface area (Å²) >= 11 is 0. The molecule has 3 N–H and O–H groups in total. The van der Waals surface area contributed by atoms with Crippen LogP contribution >= 0.6 is 0 Å². The van der Waals surface area contributed by atoms with Crippen molar-refractivity contribution in [1.29, 1.82) is 0 Å². The first-order valence-electron chi connectivity index (χ1n) is 13.6. The molecule has 0 spiro atoms. The molecule has 0 unspecified atom stereocenters. The molecule has 1 aliphatic rings. The number of hydrogen-bond acceptors (Lipinski definition) is 5. The number of H-pyrrole nitrogens is 1. The Morgan fingerprint density at radius 1 is 0.974 bits per heavy atom. The Hall–Kier alpha value is -3.62. The van der Waals surface area contributed by atoms with E-state index in [1.807, 2.05) is 42.5 Å². The molecule has 39 heavy (non-hydrogen) atoms. The van der Waals surface area contributed by atoms with Gasteiger partial charge in [-0.1, -0.05) is 55.3 Å². The molecule has 4 aromatic rings. The number of nitrogens with one attached hydrogen (secondary N) is 2. The van der Waals surface area contributed by atoms with Crippen molar-refractivity contribution in [3.8, 4) is 5.88 Å². The highest BCUT2D eigenvalue weighted by Gasteiger charge is 2.21. The van der Waals surface area contributed by atoms with Gasteiger partial charge in [-0.05, 0) is 75.7 Å². The van der Waals surface area contributed by atoms with Crippen LogP contribution in [-0.2, 0) is 16.6 Å². The third-order valence-electron chi connectivity index (χ3n) is 7.23. The highest BCUT2D eigenvalue weighted by atomic mass is 32.2. The summed E-state index contributed by atoms with van der Waals surface area (Å²) in [6.07, 6.45) is 5.16. The molecule has 0 aliphatic carbocycles. The zero-order valence-electron chi connectivity index (χ0n) is 22.5. The maximum Gasteiger partial charge on any atom is 0.235 e. The number of rotatable bonds is 8.